The van der Waals surface area contributed by atoms with Crippen molar-refractivity contribution in [3.05, 3.63) is 78.4 Å². The number of benzodiazepines with no additional fused rings is 1. The number of carbonyl (C=O) groups excluding carboxylic acids is 3. The van der Waals surface area contributed by atoms with Gasteiger partial charge in [-0.15, -0.1) is 6.58 Å². The van der Waals surface area contributed by atoms with Gasteiger partial charge in [-0.25, -0.2) is 4.99 Å². The number of nitrogens with one attached hydrogen (secondary N) is 1. The van der Waals surface area contributed by atoms with Crippen LogP contribution in [-0.4, -0.2) is 36.1 Å². The van der Waals surface area contributed by atoms with Gasteiger partial charge in [-0.2, -0.15) is 0 Å². The normalized spacial score (nSPS) is 17.0. The first-order chi connectivity index (χ1) is 17.3. The first-order valence-electron chi connectivity index (χ1n) is 12.5. The predicted octanol–water partition coefficient (Wildman–Crippen LogP) is 4.06. The fraction of sp³-hybridized carbons (Fsp3) is 0.379. The molecule has 0 unspecified atom stereocenters. The second-order valence-electron chi connectivity index (χ2n) is 9.53. The van der Waals surface area contributed by atoms with E-state index in [0.717, 1.165) is 23.2 Å². The Hall–Kier alpha value is -3.74. The van der Waals surface area contributed by atoms with Crippen LogP contribution >= 0.6 is 0 Å². The molecule has 0 fully saturated rings. The molecule has 36 heavy (non-hydrogen) atoms. The van der Waals surface area contributed by atoms with Gasteiger partial charge in [0.15, 0.2) is 0 Å². The molecule has 2 aromatic rings. The molecule has 2 aromatic carbocycles. The fourth-order valence-electron chi connectivity index (χ4n) is 4.67. The summed E-state index contributed by atoms with van der Waals surface area (Å²) in [5.74, 6) is -2.56. The van der Waals surface area contributed by atoms with E-state index in [4.69, 9.17) is 10.7 Å². The summed E-state index contributed by atoms with van der Waals surface area (Å²) in [5.41, 5.74) is 8.72. The zero-order valence-electron chi connectivity index (χ0n) is 21.3. The van der Waals surface area contributed by atoms with Crippen molar-refractivity contribution in [3.8, 4) is 0 Å². The average molecular weight is 489 g/mol. The Morgan fingerprint density at radius 1 is 1.11 bits per heavy atom. The number of hydrogen-bond donors (Lipinski definition) is 2. The smallest absolute Gasteiger partial charge is 0.272 e. The van der Waals surface area contributed by atoms with Crippen molar-refractivity contribution in [1.82, 2.24) is 5.32 Å². The molecule has 1 aliphatic heterocycles. The molecule has 3 atom stereocenters. The van der Waals surface area contributed by atoms with Crippen molar-refractivity contribution in [3.63, 3.8) is 0 Å². The molecule has 1 heterocycles. The van der Waals surface area contributed by atoms with Crippen LogP contribution in [0.15, 0.2) is 72.2 Å². The highest BCUT2D eigenvalue weighted by Gasteiger charge is 2.37. The van der Waals surface area contributed by atoms with Gasteiger partial charge in [-0.3, -0.25) is 14.4 Å². The number of amides is 3. The van der Waals surface area contributed by atoms with Crippen molar-refractivity contribution >= 4 is 29.1 Å². The number of nitrogens with zero attached hydrogens (tertiary/aromatic N) is 2. The lowest BCUT2D eigenvalue weighted by Crippen LogP contribution is -2.51. The maximum atomic E-state index is 13.8. The van der Waals surface area contributed by atoms with E-state index in [1.54, 1.807) is 11.0 Å². The van der Waals surface area contributed by atoms with E-state index in [1.807, 2.05) is 75.4 Å². The van der Waals surface area contributed by atoms with Crippen molar-refractivity contribution in [2.45, 2.75) is 46.2 Å². The highest BCUT2D eigenvalue weighted by Crippen LogP contribution is 2.29. The Balaban J connectivity index is 2.08. The lowest BCUT2D eigenvalue weighted by Gasteiger charge is -2.28. The molecule has 0 saturated carbocycles. The summed E-state index contributed by atoms with van der Waals surface area (Å²) in [4.78, 5) is 46.1. The van der Waals surface area contributed by atoms with Crippen LogP contribution in [-0.2, 0) is 14.4 Å². The molecular weight excluding hydrogens is 452 g/mol. The van der Waals surface area contributed by atoms with Crippen LogP contribution in [0.5, 0.6) is 0 Å². The number of allylic oxidation sites excluding steroid dienone is 1. The number of aliphatic imine (C=N–C) groups is 1. The molecular formula is C29H36N4O3. The molecule has 0 bridgehead atoms. The highest BCUT2D eigenvalue weighted by molar-refractivity contribution is 6.20. The summed E-state index contributed by atoms with van der Waals surface area (Å²) in [6.07, 6.45) is 1.92. The molecule has 7 heteroatoms. The standard InChI is InChI=1S/C29H36N4O3/c1-5-12-21(26(30)34)23(18-19(3)4)28(35)32-27-29(36)33(17-6-2)24-16-11-10-15-22(24)25(31-27)20-13-8-7-9-14-20/h5,7-11,13-16,19,21,23,27H,1,6,12,17-18H2,2-4H3,(H2,30,34)(H,32,35)/t21-,23+,27-/m0/s1. The number of hydrogen-bond acceptors (Lipinski definition) is 4. The maximum absolute atomic E-state index is 13.8. The Morgan fingerprint density at radius 3 is 2.39 bits per heavy atom. The van der Waals surface area contributed by atoms with Gasteiger partial charge < -0.3 is 16.0 Å². The first-order valence-corrected chi connectivity index (χ1v) is 12.5. The summed E-state index contributed by atoms with van der Waals surface area (Å²) >= 11 is 0. The van der Waals surface area contributed by atoms with E-state index < -0.39 is 29.8 Å². The quantitative estimate of drug-likeness (QED) is 0.466. The lowest BCUT2D eigenvalue weighted by atomic mass is 9.82. The fourth-order valence-corrected chi connectivity index (χ4v) is 4.67. The van der Waals surface area contributed by atoms with Crippen LogP contribution < -0.4 is 16.0 Å². The molecule has 0 spiro atoms. The van der Waals surface area contributed by atoms with E-state index in [0.29, 0.717) is 18.7 Å². The maximum Gasteiger partial charge on any atom is 0.272 e. The zero-order chi connectivity index (χ0) is 26.2. The summed E-state index contributed by atoms with van der Waals surface area (Å²) in [6, 6.07) is 17.3. The van der Waals surface area contributed by atoms with Gasteiger partial charge in [0.1, 0.15) is 0 Å². The topological polar surface area (TPSA) is 105 Å². The van der Waals surface area contributed by atoms with E-state index in [9.17, 15) is 14.4 Å². The number of primary amides is 1. The third-order valence-corrected chi connectivity index (χ3v) is 6.32. The minimum absolute atomic E-state index is 0.140. The van der Waals surface area contributed by atoms with Crippen molar-refractivity contribution in [2.75, 3.05) is 11.4 Å². The molecule has 3 amide bonds. The third kappa shape index (κ3) is 6.08. The molecule has 1 aliphatic rings. The molecule has 0 radical (unpaired) electrons. The number of benzene rings is 2. The van der Waals surface area contributed by atoms with Gasteiger partial charge in [0.25, 0.3) is 5.91 Å². The van der Waals surface area contributed by atoms with Crippen LogP contribution in [0.2, 0.25) is 0 Å². The summed E-state index contributed by atoms with van der Waals surface area (Å²) < 4.78 is 0. The second-order valence-corrected chi connectivity index (χ2v) is 9.53. The van der Waals surface area contributed by atoms with E-state index in [-0.39, 0.29) is 18.2 Å². The van der Waals surface area contributed by atoms with Gasteiger partial charge in [0.05, 0.1) is 23.2 Å². The molecule has 0 aliphatic carbocycles. The summed E-state index contributed by atoms with van der Waals surface area (Å²) in [5, 5.41) is 2.87. The highest BCUT2D eigenvalue weighted by atomic mass is 16.2. The number of fused-ring (bicyclic) bond motifs is 1. The van der Waals surface area contributed by atoms with E-state index >= 15 is 0 Å². The molecule has 7 nitrogen and oxygen atoms in total. The number of rotatable bonds is 11. The predicted molar refractivity (Wildman–Crippen MR) is 144 cm³/mol. The van der Waals surface area contributed by atoms with Crippen LogP contribution in [0.25, 0.3) is 0 Å². The molecule has 3 N–H and O–H groups in total. The lowest BCUT2D eigenvalue weighted by molar-refractivity contribution is -0.135. The van der Waals surface area contributed by atoms with Crippen molar-refractivity contribution in [2.24, 2.45) is 28.5 Å². The van der Waals surface area contributed by atoms with Gasteiger partial charge in [0.2, 0.25) is 18.0 Å². The van der Waals surface area contributed by atoms with Crippen LogP contribution in [0, 0.1) is 17.8 Å². The van der Waals surface area contributed by atoms with Crippen LogP contribution in [0.4, 0.5) is 5.69 Å². The Bertz CT molecular complexity index is 1130. The van der Waals surface area contributed by atoms with Gasteiger partial charge in [-0.05, 0) is 31.2 Å². The zero-order valence-corrected chi connectivity index (χ0v) is 21.3. The third-order valence-electron chi connectivity index (χ3n) is 6.32. The molecule has 0 saturated heterocycles. The Kier molecular flexibility index (Phi) is 9.17. The van der Waals surface area contributed by atoms with E-state index in [2.05, 4.69) is 11.9 Å². The summed E-state index contributed by atoms with van der Waals surface area (Å²) in [7, 11) is 0. The van der Waals surface area contributed by atoms with Gasteiger partial charge in [0, 0.05) is 17.7 Å². The number of nitrogens with two attached hydrogens (primary N) is 1. The second kappa shape index (κ2) is 12.3. The van der Waals surface area contributed by atoms with Crippen LogP contribution in [0.1, 0.15) is 51.2 Å². The molecule has 0 aromatic heterocycles. The van der Waals surface area contributed by atoms with Gasteiger partial charge in [-0.1, -0.05) is 75.4 Å². The number of carbonyl (C=O) groups is 3. The minimum atomic E-state index is -1.14. The summed E-state index contributed by atoms with van der Waals surface area (Å²) in [6.45, 7) is 10.2. The van der Waals surface area contributed by atoms with Crippen LogP contribution in [0.3, 0.4) is 0 Å². The monoisotopic (exact) mass is 488 g/mol. The Labute approximate surface area is 213 Å². The van der Waals surface area contributed by atoms with Crippen molar-refractivity contribution < 1.29 is 14.4 Å². The van der Waals surface area contributed by atoms with Crippen molar-refractivity contribution in [1.29, 1.82) is 0 Å². The van der Waals surface area contributed by atoms with E-state index in [1.165, 1.54) is 0 Å². The molecule has 190 valence electrons. The number of anilines is 1. The SMILES string of the molecule is C=CC[C@H](C(N)=O)[C@@H](CC(C)C)C(=O)N[C@@H]1N=C(c2ccccc2)c2ccccc2N(CCC)C1=O. The van der Waals surface area contributed by atoms with Gasteiger partial charge >= 0.3 is 0 Å². The largest absolute Gasteiger partial charge is 0.369 e. The number of para-hydroxylation sites is 1. The minimum Gasteiger partial charge on any atom is -0.369 e. The first kappa shape index (κ1) is 26.9. The Morgan fingerprint density at radius 2 is 1.78 bits per heavy atom. The average Bonchev–Trinajstić information content (AvgIpc) is 2.97. The molecule has 3 rings (SSSR count).